The van der Waals surface area contributed by atoms with E-state index >= 15 is 0 Å². The van der Waals surface area contributed by atoms with Crippen LogP contribution in [0, 0.1) is 18.2 Å². The number of nitrogens with one attached hydrogen (secondary N) is 1. The Hall–Kier alpha value is -1.49. The second-order valence-corrected chi connectivity index (χ2v) is 2.74. The zero-order chi connectivity index (χ0) is 9.52. The smallest absolute Gasteiger partial charge is 0.125 e. The van der Waals surface area contributed by atoms with Gasteiger partial charge in [-0.15, -0.1) is 12.3 Å². The lowest BCUT2D eigenvalue weighted by atomic mass is 10.3. The first-order valence-corrected chi connectivity index (χ1v) is 4.26. The highest BCUT2D eigenvalue weighted by atomic mass is 19.1. The summed E-state index contributed by atoms with van der Waals surface area (Å²) in [7, 11) is 0. The molecule has 0 heterocycles. The van der Waals surface area contributed by atoms with Gasteiger partial charge in [0.1, 0.15) is 5.82 Å². The molecule has 0 aromatic heterocycles. The fourth-order valence-corrected chi connectivity index (χ4v) is 1.02. The lowest BCUT2D eigenvalue weighted by Crippen LogP contribution is -2.00. The Morgan fingerprint density at radius 1 is 1.46 bits per heavy atom. The van der Waals surface area contributed by atoms with E-state index in [1.807, 2.05) is 6.07 Å². The molecule has 0 amide bonds. The van der Waals surface area contributed by atoms with Crippen LogP contribution in [0.5, 0.6) is 0 Å². The normalized spacial score (nSPS) is 9.23. The topological polar surface area (TPSA) is 12.0 Å². The predicted molar refractivity (Wildman–Crippen MR) is 53.0 cm³/mol. The zero-order valence-corrected chi connectivity index (χ0v) is 7.39. The third-order valence-corrected chi connectivity index (χ3v) is 1.65. The van der Waals surface area contributed by atoms with E-state index in [9.17, 15) is 4.39 Å². The molecule has 1 aromatic rings. The SMILES string of the molecule is C#CCCCNc1cccc(F)c1. The summed E-state index contributed by atoms with van der Waals surface area (Å²) in [6.07, 6.45) is 6.76. The Morgan fingerprint density at radius 3 is 3.00 bits per heavy atom. The summed E-state index contributed by atoms with van der Waals surface area (Å²) < 4.78 is 12.7. The average Bonchev–Trinajstić information content (AvgIpc) is 2.13. The number of benzene rings is 1. The van der Waals surface area contributed by atoms with Crippen molar-refractivity contribution in [1.29, 1.82) is 0 Å². The molecule has 0 bridgehead atoms. The molecular formula is C11H12FN. The Kier molecular flexibility index (Phi) is 3.84. The first-order chi connectivity index (χ1) is 6.33. The molecule has 0 unspecified atom stereocenters. The van der Waals surface area contributed by atoms with Crippen LogP contribution in [-0.4, -0.2) is 6.54 Å². The van der Waals surface area contributed by atoms with Crippen LogP contribution in [0.2, 0.25) is 0 Å². The molecule has 68 valence electrons. The van der Waals surface area contributed by atoms with E-state index in [2.05, 4.69) is 11.2 Å². The van der Waals surface area contributed by atoms with E-state index in [0.29, 0.717) is 0 Å². The molecule has 0 spiro atoms. The molecule has 0 aliphatic carbocycles. The number of unbranched alkanes of at least 4 members (excludes halogenated alkanes) is 1. The summed E-state index contributed by atoms with van der Waals surface area (Å²) in [5, 5.41) is 3.08. The van der Waals surface area contributed by atoms with Gasteiger partial charge in [0, 0.05) is 18.7 Å². The highest BCUT2D eigenvalue weighted by Gasteiger charge is 1.92. The van der Waals surface area contributed by atoms with Crippen LogP contribution in [0.1, 0.15) is 12.8 Å². The summed E-state index contributed by atoms with van der Waals surface area (Å²) in [4.78, 5) is 0. The minimum atomic E-state index is -0.220. The van der Waals surface area contributed by atoms with Crippen molar-refractivity contribution in [3.63, 3.8) is 0 Å². The second-order valence-electron chi connectivity index (χ2n) is 2.74. The molecule has 0 fully saturated rings. The second kappa shape index (κ2) is 5.21. The van der Waals surface area contributed by atoms with Crippen molar-refractivity contribution in [3.8, 4) is 12.3 Å². The molecular weight excluding hydrogens is 165 g/mol. The van der Waals surface area contributed by atoms with Crippen molar-refractivity contribution in [3.05, 3.63) is 30.1 Å². The van der Waals surface area contributed by atoms with Crippen LogP contribution in [0.25, 0.3) is 0 Å². The lowest BCUT2D eigenvalue weighted by Gasteiger charge is -2.04. The fraction of sp³-hybridized carbons (Fsp3) is 0.273. The van der Waals surface area contributed by atoms with Crippen molar-refractivity contribution in [1.82, 2.24) is 0 Å². The van der Waals surface area contributed by atoms with Crippen LogP contribution in [0.15, 0.2) is 24.3 Å². The van der Waals surface area contributed by atoms with Gasteiger partial charge < -0.3 is 5.32 Å². The van der Waals surface area contributed by atoms with E-state index in [0.717, 1.165) is 25.1 Å². The minimum absolute atomic E-state index is 0.220. The molecule has 2 heteroatoms. The van der Waals surface area contributed by atoms with Gasteiger partial charge in [0.05, 0.1) is 0 Å². The largest absolute Gasteiger partial charge is 0.385 e. The maximum atomic E-state index is 12.7. The van der Waals surface area contributed by atoms with Gasteiger partial charge in [-0.1, -0.05) is 6.07 Å². The average molecular weight is 177 g/mol. The molecule has 0 aliphatic heterocycles. The quantitative estimate of drug-likeness (QED) is 0.550. The first-order valence-electron chi connectivity index (χ1n) is 4.26. The summed E-state index contributed by atoms with van der Waals surface area (Å²) in [5.41, 5.74) is 0.803. The molecule has 0 radical (unpaired) electrons. The van der Waals surface area contributed by atoms with E-state index in [1.165, 1.54) is 12.1 Å². The molecule has 0 aliphatic rings. The van der Waals surface area contributed by atoms with Crippen LogP contribution >= 0.6 is 0 Å². The van der Waals surface area contributed by atoms with Crippen LogP contribution < -0.4 is 5.32 Å². The molecule has 13 heavy (non-hydrogen) atoms. The van der Waals surface area contributed by atoms with E-state index in [-0.39, 0.29) is 5.82 Å². The van der Waals surface area contributed by atoms with Gasteiger partial charge in [-0.3, -0.25) is 0 Å². The van der Waals surface area contributed by atoms with E-state index in [4.69, 9.17) is 6.42 Å². The highest BCUT2D eigenvalue weighted by Crippen LogP contribution is 2.08. The van der Waals surface area contributed by atoms with Crippen LogP contribution in [0.3, 0.4) is 0 Å². The summed E-state index contributed by atoms with van der Waals surface area (Å²) in [6, 6.07) is 6.40. The first kappa shape index (κ1) is 9.60. The third kappa shape index (κ3) is 3.62. The van der Waals surface area contributed by atoms with Gasteiger partial charge in [-0.2, -0.15) is 0 Å². The van der Waals surface area contributed by atoms with Crippen molar-refractivity contribution in [2.45, 2.75) is 12.8 Å². The van der Waals surface area contributed by atoms with Crippen molar-refractivity contribution in [2.24, 2.45) is 0 Å². The maximum Gasteiger partial charge on any atom is 0.125 e. The number of hydrogen-bond acceptors (Lipinski definition) is 1. The predicted octanol–water partition coefficient (Wildman–Crippen LogP) is 2.65. The Morgan fingerprint density at radius 2 is 2.31 bits per heavy atom. The Labute approximate surface area is 78.0 Å². The Bertz CT molecular complexity index is 301. The summed E-state index contributed by atoms with van der Waals surface area (Å²) in [6.45, 7) is 0.785. The molecule has 0 atom stereocenters. The van der Waals surface area contributed by atoms with Crippen molar-refractivity contribution in [2.75, 3.05) is 11.9 Å². The summed E-state index contributed by atoms with van der Waals surface area (Å²) >= 11 is 0. The van der Waals surface area contributed by atoms with E-state index < -0.39 is 0 Å². The standard InChI is InChI=1S/C11H12FN/c1-2-3-4-8-13-11-7-5-6-10(12)9-11/h1,5-7,9,13H,3-4,8H2. The highest BCUT2D eigenvalue weighted by molar-refractivity contribution is 5.42. The molecule has 1 aromatic carbocycles. The van der Waals surface area contributed by atoms with Crippen molar-refractivity contribution < 1.29 is 4.39 Å². The molecule has 0 saturated carbocycles. The van der Waals surface area contributed by atoms with Crippen LogP contribution in [0.4, 0.5) is 10.1 Å². The number of anilines is 1. The minimum Gasteiger partial charge on any atom is -0.385 e. The van der Waals surface area contributed by atoms with Gasteiger partial charge in [0.2, 0.25) is 0 Å². The number of hydrogen-bond donors (Lipinski definition) is 1. The maximum absolute atomic E-state index is 12.7. The van der Waals surface area contributed by atoms with Gasteiger partial charge in [-0.05, 0) is 24.6 Å². The zero-order valence-electron chi connectivity index (χ0n) is 7.39. The third-order valence-electron chi connectivity index (χ3n) is 1.65. The monoisotopic (exact) mass is 177 g/mol. The number of rotatable bonds is 4. The number of halogens is 1. The summed E-state index contributed by atoms with van der Waals surface area (Å²) in [5.74, 6) is 2.33. The van der Waals surface area contributed by atoms with E-state index in [1.54, 1.807) is 6.07 Å². The number of terminal acetylenes is 1. The van der Waals surface area contributed by atoms with Gasteiger partial charge in [-0.25, -0.2) is 4.39 Å². The van der Waals surface area contributed by atoms with Gasteiger partial charge in [0.25, 0.3) is 0 Å². The molecule has 0 saturated heterocycles. The lowest BCUT2D eigenvalue weighted by molar-refractivity contribution is 0.628. The molecule has 1 nitrogen and oxygen atoms in total. The molecule has 1 N–H and O–H groups in total. The molecule has 1 rings (SSSR count). The Balaban J connectivity index is 2.33. The van der Waals surface area contributed by atoms with Gasteiger partial charge in [0.15, 0.2) is 0 Å². The van der Waals surface area contributed by atoms with Gasteiger partial charge >= 0.3 is 0 Å². The van der Waals surface area contributed by atoms with Crippen LogP contribution in [-0.2, 0) is 0 Å². The fourth-order valence-electron chi connectivity index (χ4n) is 1.02. The van der Waals surface area contributed by atoms with Crippen molar-refractivity contribution >= 4 is 5.69 Å².